The number of fused-ring (bicyclic) bond motifs is 2. The van der Waals surface area contributed by atoms with Crippen LogP contribution < -0.4 is 5.73 Å². The molecule has 1 aromatic rings. The van der Waals surface area contributed by atoms with Crippen molar-refractivity contribution < 1.29 is 0 Å². The van der Waals surface area contributed by atoms with Gasteiger partial charge in [0.25, 0.3) is 0 Å². The molecule has 2 N–H and O–H groups in total. The maximum atomic E-state index is 6.32. The van der Waals surface area contributed by atoms with Crippen molar-refractivity contribution in [2.45, 2.75) is 76.5 Å². The Kier molecular flexibility index (Phi) is 4.86. The molecule has 0 aromatic heterocycles. The summed E-state index contributed by atoms with van der Waals surface area (Å²) in [6, 6.07) is 4.80. The minimum atomic E-state index is 0.103. The standard InChI is InChI=1S/C22H33N3/c1-2-17-15-19-20(24-21(23)22(19)10-8-11-22)16-18(17)9-4-7-14-25-12-5-3-6-13-25/h15-16H,2-14H2,1H3,(H2,23,24). The normalized spacial score (nSPS) is 21.9. The van der Waals surface area contributed by atoms with Crippen LogP contribution in [0.15, 0.2) is 17.1 Å². The van der Waals surface area contributed by atoms with E-state index in [4.69, 9.17) is 10.7 Å². The zero-order valence-electron chi connectivity index (χ0n) is 15.8. The molecule has 1 aliphatic carbocycles. The van der Waals surface area contributed by atoms with Gasteiger partial charge in [-0.3, -0.25) is 0 Å². The van der Waals surface area contributed by atoms with Gasteiger partial charge in [0.05, 0.1) is 11.1 Å². The Labute approximate surface area is 152 Å². The molecule has 2 heterocycles. The Bertz CT molecular complexity index is 651. The first-order chi connectivity index (χ1) is 12.2. The van der Waals surface area contributed by atoms with Crippen LogP contribution in [0.2, 0.25) is 0 Å². The van der Waals surface area contributed by atoms with Crippen molar-refractivity contribution in [3.8, 4) is 0 Å². The zero-order valence-corrected chi connectivity index (χ0v) is 15.8. The van der Waals surface area contributed by atoms with Crippen molar-refractivity contribution in [3.63, 3.8) is 0 Å². The second-order valence-electron chi connectivity index (χ2n) is 8.28. The van der Waals surface area contributed by atoms with Crippen molar-refractivity contribution in [3.05, 3.63) is 28.8 Å². The van der Waals surface area contributed by atoms with Gasteiger partial charge in [-0.25, -0.2) is 4.99 Å². The number of rotatable bonds is 6. The Morgan fingerprint density at radius 2 is 1.84 bits per heavy atom. The second-order valence-corrected chi connectivity index (χ2v) is 8.28. The highest BCUT2D eigenvalue weighted by Gasteiger charge is 2.47. The molecule has 0 amide bonds. The number of hydrogen-bond acceptors (Lipinski definition) is 3. The van der Waals surface area contributed by atoms with Crippen LogP contribution in [0.3, 0.4) is 0 Å². The molecule has 1 aromatic carbocycles. The average Bonchev–Trinajstić information content (AvgIpc) is 2.89. The molecule has 2 aliphatic heterocycles. The third-order valence-corrected chi connectivity index (χ3v) is 6.77. The molecule has 25 heavy (non-hydrogen) atoms. The maximum Gasteiger partial charge on any atom is 0.110 e. The first-order valence-electron chi connectivity index (χ1n) is 10.5. The van der Waals surface area contributed by atoms with Gasteiger partial charge in [0.15, 0.2) is 0 Å². The number of aliphatic imine (C=N–C) groups is 1. The molecule has 4 rings (SSSR count). The van der Waals surface area contributed by atoms with Crippen molar-refractivity contribution >= 4 is 11.5 Å². The molecule has 3 aliphatic rings. The summed E-state index contributed by atoms with van der Waals surface area (Å²) in [5.74, 6) is 0.873. The van der Waals surface area contributed by atoms with E-state index in [1.165, 1.54) is 99.8 Å². The average molecular weight is 340 g/mol. The predicted molar refractivity (Wildman–Crippen MR) is 106 cm³/mol. The van der Waals surface area contributed by atoms with Gasteiger partial charge >= 0.3 is 0 Å². The lowest BCUT2D eigenvalue weighted by Gasteiger charge is -2.39. The highest BCUT2D eigenvalue weighted by atomic mass is 15.1. The summed E-state index contributed by atoms with van der Waals surface area (Å²) in [5.41, 5.74) is 12.0. The van der Waals surface area contributed by atoms with Gasteiger partial charge in [0, 0.05) is 0 Å². The van der Waals surface area contributed by atoms with Gasteiger partial charge in [-0.05, 0) is 93.8 Å². The van der Waals surface area contributed by atoms with Crippen LogP contribution in [-0.2, 0) is 18.3 Å². The van der Waals surface area contributed by atoms with Gasteiger partial charge in [-0.2, -0.15) is 0 Å². The number of amidine groups is 1. The molecule has 3 heteroatoms. The van der Waals surface area contributed by atoms with E-state index in [0.29, 0.717) is 0 Å². The van der Waals surface area contributed by atoms with Gasteiger partial charge in [-0.1, -0.05) is 25.8 Å². The van der Waals surface area contributed by atoms with Crippen LogP contribution in [-0.4, -0.2) is 30.4 Å². The number of unbranched alkanes of at least 4 members (excludes halogenated alkanes) is 1. The number of piperidine rings is 1. The highest BCUT2D eigenvalue weighted by molar-refractivity contribution is 6.00. The van der Waals surface area contributed by atoms with Gasteiger partial charge < -0.3 is 10.6 Å². The molecule has 0 unspecified atom stereocenters. The van der Waals surface area contributed by atoms with E-state index in [-0.39, 0.29) is 5.41 Å². The molecule has 2 fully saturated rings. The van der Waals surface area contributed by atoms with Crippen LogP contribution in [0.1, 0.15) is 75.0 Å². The number of nitrogens with two attached hydrogens (primary N) is 1. The summed E-state index contributed by atoms with van der Waals surface area (Å²) in [6.07, 6.45) is 12.8. The number of likely N-dealkylation sites (tertiary alicyclic amines) is 1. The largest absolute Gasteiger partial charge is 0.386 e. The molecular weight excluding hydrogens is 306 g/mol. The van der Waals surface area contributed by atoms with Crippen LogP contribution in [0.25, 0.3) is 0 Å². The third kappa shape index (κ3) is 3.12. The van der Waals surface area contributed by atoms with Crippen LogP contribution >= 0.6 is 0 Å². The number of hydrogen-bond donors (Lipinski definition) is 1. The van der Waals surface area contributed by atoms with E-state index >= 15 is 0 Å². The summed E-state index contributed by atoms with van der Waals surface area (Å²) in [7, 11) is 0. The van der Waals surface area contributed by atoms with Gasteiger partial charge in [0.2, 0.25) is 0 Å². The maximum absolute atomic E-state index is 6.32. The number of aryl methyl sites for hydroxylation is 2. The molecule has 0 bridgehead atoms. The van der Waals surface area contributed by atoms with Crippen LogP contribution in [0, 0.1) is 0 Å². The van der Waals surface area contributed by atoms with Crippen LogP contribution in [0.4, 0.5) is 5.69 Å². The van der Waals surface area contributed by atoms with E-state index in [1.54, 1.807) is 0 Å². The lowest BCUT2D eigenvalue weighted by atomic mass is 9.64. The quantitative estimate of drug-likeness (QED) is 0.776. The fourth-order valence-corrected chi connectivity index (χ4v) is 4.98. The summed E-state index contributed by atoms with van der Waals surface area (Å²) in [5, 5.41) is 0. The van der Waals surface area contributed by atoms with E-state index in [2.05, 4.69) is 24.0 Å². The minimum Gasteiger partial charge on any atom is -0.386 e. The van der Waals surface area contributed by atoms with Gasteiger partial charge in [0.1, 0.15) is 5.84 Å². The number of nitrogens with zero attached hydrogens (tertiary/aromatic N) is 2. The summed E-state index contributed by atoms with van der Waals surface area (Å²) in [6.45, 7) is 6.19. The van der Waals surface area contributed by atoms with Crippen molar-refractivity contribution in [2.24, 2.45) is 10.7 Å². The molecule has 1 saturated carbocycles. The predicted octanol–water partition coefficient (Wildman–Crippen LogP) is 4.48. The molecule has 1 saturated heterocycles. The molecule has 0 atom stereocenters. The third-order valence-electron chi connectivity index (χ3n) is 6.77. The molecule has 136 valence electrons. The van der Waals surface area contributed by atoms with Crippen molar-refractivity contribution in [1.82, 2.24) is 4.90 Å². The summed E-state index contributed by atoms with van der Waals surface area (Å²) in [4.78, 5) is 7.40. The smallest absolute Gasteiger partial charge is 0.110 e. The zero-order chi connectivity index (χ0) is 17.3. The fraction of sp³-hybridized carbons (Fsp3) is 0.682. The molecule has 0 radical (unpaired) electrons. The lowest BCUT2D eigenvalue weighted by molar-refractivity contribution is 0.225. The molecule has 3 nitrogen and oxygen atoms in total. The minimum absolute atomic E-state index is 0.103. The Hall–Kier alpha value is -1.35. The lowest BCUT2D eigenvalue weighted by Crippen LogP contribution is -2.44. The Morgan fingerprint density at radius 3 is 2.52 bits per heavy atom. The Balaban J connectivity index is 1.41. The summed E-state index contributed by atoms with van der Waals surface area (Å²) < 4.78 is 0. The molecular formula is C22H33N3. The Morgan fingerprint density at radius 1 is 1.04 bits per heavy atom. The van der Waals surface area contributed by atoms with Crippen LogP contribution in [0.5, 0.6) is 0 Å². The fourth-order valence-electron chi connectivity index (χ4n) is 4.98. The van der Waals surface area contributed by atoms with Crippen molar-refractivity contribution in [2.75, 3.05) is 19.6 Å². The van der Waals surface area contributed by atoms with Gasteiger partial charge in [-0.15, -0.1) is 0 Å². The van der Waals surface area contributed by atoms with E-state index in [9.17, 15) is 0 Å². The van der Waals surface area contributed by atoms with E-state index in [0.717, 1.165) is 12.3 Å². The first kappa shape index (κ1) is 17.1. The highest BCUT2D eigenvalue weighted by Crippen LogP contribution is 2.52. The second kappa shape index (κ2) is 7.11. The summed E-state index contributed by atoms with van der Waals surface area (Å²) >= 11 is 0. The van der Waals surface area contributed by atoms with Crippen molar-refractivity contribution in [1.29, 1.82) is 0 Å². The molecule has 1 spiro atoms. The van der Waals surface area contributed by atoms with E-state index < -0.39 is 0 Å². The monoisotopic (exact) mass is 339 g/mol. The van der Waals surface area contributed by atoms with E-state index in [1.807, 2.05) is 0 Å². The number of benzene rings is 1. The SMILES string of the molecule is CCc1cc2c(cc1CCCCN1CCCCC1)N=C(N)C21CCC1. The first-order valence-corrected chi connectivity index (χ1v) is 10.5. The topological polar surface area (TPSA) is 41.6 Å².